The van der Waals surface area contributed by atoms with Crippen LogP contribution in [0.5, 0.6) is 5.75 Å². The highest BCUT2D eigenvalue weighted by molar-refractivity contribution is 5.90. The van der Waals surface area contributed by atoms with Crippen LogP contribution in [0.1, 0.15) is 53.3 Å². The zero-order chi connectivity index (χ0) is 29.3. The summed E-state index contributed by atoms with van der Waals surface area (Å²) < 4.78 is 65.5. The molecule has 1 aliphatic heterocycles. The molecule has 0 spiro atoms. The monoisotopic (exact) mass is 584 g/mol. The zero-order valence-electron chi connectivity index (χ0n) is 22.6. The van der Waals surface area contributed by atoms with Gasteiger partial charge in [0.1, 0.15) is 17.2 Å². The van der Waals surface area contributed by atoms with Gasteiger partial charge in [0.05, 0.1) is 25.4 Å². The van der Waals surface area contributed by atoms with Crippen LogP contribution in [0.3, 0.4) is 0 Å². The molecule has 0 amide bonds. The van der Waals surface area contributed by atoms with Crippen molar-refractivity contribution in [1.29, 1.82) is 0 Å². The number of aromatic nitrogens is 3. The standard InChI is InChI=1S/C29H27F3N4O6/c1-38-27(37)19-6-4-5-18(15-19)26-33-28(35-42-26)36-13-11-20(12-14-36)39-16-22-24(34-41-25(22)17-9-10-17)21-7-2-3-8-23(21)40-29(30,31)32/h2-8,15,17,20H,9-14,16H2,1H3. The molecular formula is C29H27F3N4O6. The third kappa shape index (κ3) is 6.10. The molecule has 10 nitrogen and oxygen atoms in total. The van der Waals surface area contributed by atoms with E-state index in [2.05, 4.69) is 20.0 Å². The molecule has 2 aromatic heterocycles. The predicted octanol–water partition coefficient (Wildman–Crippen LogP) is 6.14. The van der Waals surface area contributed by atoms with Crippen LogP contribution < -0.4 is 9.64 Å². The highest BCUT2D eigenvalue weighted by Crippen LogP contribution is 2.45. The topological polar surface area (TPSA) is 113 Å². The molecule has 0 bridgehead atoms. The number of hydrogen-bond acceptors (Lipinski definition) is 10. The largest absolute Gasteiger partial charge is 0.573 e. The normalized spacial score (nSPS) is 16.0. The summed E-state index contributed by atoms with van der Waals surface area (Å²) in [5, 5.41) is 8.25. The van der Waals surface area contributed by atoms with Crippen molar-refractivity contribution in [3.05, 3.63) is 65.4 Å². The number of ether oxygens (including phenoxy) is 3. The van der Waals surface area contributed by atoms with Crippen LogP contribution in [0, 0.1) is 0 Å². The van der Waals surface area contributed by atoms with Gasteiger partial charge >= 0.3 is 12.3 Å². The quantitative estimate of drug-likeness (QED) is 0.213. The lowest BCUT2D eigenvalue weighted by Gasteiger charge is -2.30. The SMILES string of the molecule is COC(=O)c1cccc(-c2nc(N3CCC(OCc4c(-c5ccccc5OC(F)(F)F)noc4C4CC4)CC3)no2)c1. The smallest absolute Gasteiger partial charge is 0.465 e. The van der Waals surface area contributed by atoms with Gasteiger partial charge in [0.25, 0.3) is 11.8 Å². The van der Waals surface area contributed by atoms with Crippen molar-refractivity contribution < 1.29 is 41.2 Å². The number of nitrogens with zero attached hydrogens (tertiary/aromatic N) is 4. The average Bonchev–Trinajstić information content (AvgIpc) is 3.55. The number of carbonyl (C=O) groups is 1. The first-order valence-electron chi connectivity index (χ1n) is 13.5. The van der Waals surface area contributed by atoms with Gasteiger partial charge < -0.3 is 28.2 Å². The van der Waals surface area contributed by atoms with Gasteiger partial charge in [-0.05, 0) is 61.2 Å². The number of para-hydroxylation sites is 1. The Kier molecular flexibility index (Phi) is 7.58. The van der Waals surface area contributed by atoms with Gasteiger partial charge in [0, 0.05) is 35.7 Å². The molecule has 1 saturated heterocycles. The second kappa shape index (κ2) is 11.5. The number of benzene rings is 2. The van der Waals surface area contributed by atoms with E-state index in [9.17, 15) is 18.0 Å². The molecule has 4 aromatic rings. The molecule has 0 N–H and O–H groups in total. The summed E-state index contributed by atoms with van der Waals surface area (Å²) >= 11 is 0. The van der Waals surface area contributed by atoms with Crippen LogP contribution in [0.15, 0.2) is 57.6 Å². The fourth-order valence-electron chi connectivity index (χ4n) is 5.00. The van der Waals surface area contributed by atoms with Crippen LogP contribution in [-0.2, 0) is 16.1 Å². The maximum atomic E-state index is 13.0. The predicted molar refractivity (Wildman–Crippen MR) is 142 cm³/mol. The molecule has 2 aliphatic rings. The number of hydrogen-bond donors (Lipinski definition) is 0. The van der Waals surface area contributed by atoms with E-state index in [1.54, 1.807) is 30.3 Å². The minimum Gasteiger partial charge on any atom is -0.465 e. The lowest BCUT2D eigenvalue weighted by Crippen LogP contribution is -2.37. The van der Waals surface area contributed by atoms with E-state index in [-0.39, 0.29) is 35.8 Å². The lowest BCUT2D eigenvalue weighted by atomic mass is 10.0. The van der Waals surface area contributed by atoms with Crippen molar-refractivity contribution in [1.82, 2.24) is 15.3 Å². The Hall–Kier alpha value is -4.39. The minimum atomic E-state index is -4.84. The Balaban J connectivity index is 1.11. The third-order valence-electron chi connectivity index (χ3n) is 7.27. The van der Waals surface area contributed by atoms with Crippen molar-refractivity contribution in [3.8, 4) is 28.5 Å². The molecule has 6 rings (SSSR count). The van der Waals surface area contributed by atoms with Crippen LogP contribution in [0.25, 0.3) is 22.7 Å². The zero-order valence-corrected chi connectivity index (χ0v) is 22.6. The Labute approximate surface area is 238 Å². The number of anilines is 1. The van der Waals surface area contributed by atoms with Crippen molar-refractivity contribution >= 4 is 11.9 Å². The lowest BCUT2D eigenvalue weighted by molar-refractivity contribution is -0.274. The molecule has 0 radical (unpaired) electrons. The number of methoxy groups -OCH3 is 1. The Bertz CT molecular complexity index is 1560. The van der Waals surface area contributed by atoms with Crippen molar-refractivity contribution in [2.45, 2.75) is 50.7 Å². The van der Waals surface area contributed by atoms with Gasteiger partial charge in [-0.15, -0.1) is 13.2 Å². The van der Waals surface area contributed by atoms with E-state index < -0.39 is 12.3 Å². The van der Waals surface area contributed by atoms with E-state index in [0.717, 1.165) is 12.8 Å². The number of piperidine rings is 1. The second-order valence-electron chi connectivity index (χ2n) is 10.2. The Morgan fingerprint density at radius 1 is 1.02 bits per heavy atom. The molecule has 2 aromatic carbocycles. The van der Waals surface area contributed by atoms with Gasteiger partial charge in [-0.3, -0.25) is 0 Å². The summed E-state index contributed by atoms with van der Waals surface area (Å²) in [5.41, 5.74) is 2.13. The van der Waals surface area contributed by atoms with Crippen LogP contribution in [0.2, 0.25) is 0 Å². The number of alkyl halides is 3. The van der Waals surface area contributed by atoms with Crippen LogP contribution >= 0.6 is 0 Å². The van der Waals surface area contributed by atoms with Gasteiger partial charge in [0.15, 0.2) is 0 Å². The summed E-state index contributed by atoms with van der Waals surface area (Å²) in [6.45, 7) is 1.37. The van der Waals surface area contributed by atoms with Gasteiger partial charge in [-0.2, -0.15) is 4.98 Å². The third-order valence-corrected chi connectivity index (χ3v) is 7.27. The highest BCUT2D eigenvalue weighted by atomic mass is 19.4. The Morgan fingerprint density at radius 2 is 1.81 bits per heavy atom. The number of halogens is 3. The fourth-order valence-corrected chi connectivity index (χ4v) is 5.00. The van der Waals surface area contributed by atoms with Crippen molar-refractivity contribution in [3.63, 3.8) is 0 Å². The van der Waals surface area contributed by atoms with Crippen molar-refractivity contribution in [2.24, 2.45) is 0 Å². The van der Waals surface area contributed by atoms with Gasteiger partial charge in [0.2, 0.25) is 0 Å². The summed E-state index contributed by atoms with van der Waals surface area (Å²) in [6, 6.07) is 12.6. The molecule has 1 aliphatic carbocycles. The van der Waals surface area contributed by atoms with Crippen LogP contribution in [-0.4, -0.2) is 53.9 Å². The first kappa shape index (κ1) is 27.8. The molecule has 3 heterocycles. The first-order valence-corrected chi connectivity index (χ1v) is 13.5. The molecule has 2 fully saturated rings. The maximum Gasteiger partial charge on any atom is 0.573 e. The summed E-state index contributed by atoms with van der Waals surface area (Å²) in [6.07, 6.45) is -1.72. The number of carbonyl (C=O) groups excluding carboxylic acids is 1. The van der Waals surface area contributed by atoms with E-state index in [1.807, 2.05) is 4.90 Å². The Morgan fingerprint density at radius 3 is 2.55 bits per heavy atom. The first-order chi connectivity index (χ1) is 20.3. The van der Waals surface area contributed by atoms with Crippen LogP contribution in [0.4, 0.5) is 19.1 Å². The van der Waals surface area contributed by atoms with E-state index >= 15 is 0 Å². The van der Waals surface area contributed by atoms with E-state index in [4.69, 9.17) is 18.5 Å². The molecule has 42 heavy (non-hydrogen) atoms. The van der Waals surface area contributed by atoms with Gasteiger partial charge in [-0.25, -0.2) is 4.79 Å². The molecule has 0 atom stereocenters. The molecule has 1 saturated carbocycles. The fraction of sp³-hybridized carbons (Fsp3) is 0.379. The van der Waals surface area contributed by atoms with Crippen molar-refractivity contribution in [2.75, 3.05) is 25.1 Å². The number of rotatable bonds is 9. The minimum absolute atomic E-state index is 0.0965. The van der Waals surface area contributed by atoms with E-state index in [1.165, 1.54) is 25.3 Å². The summed E-state index contributed by atoms with van der Waals surface area (Å²) in [7, 11) is 1.32. The maximum absolute atomic E-state index is 13.0. The summed E-state index contributed by atoms with van der Waals surface area (Å²) in [4.78, 5) is 18.3. The second-order valence-corrected chi connectivity index (χ2v) is 10.2. The van der Waals surface area contributed by atoms with E-state index in [0.29, 0.717) is 60.0 Å². The molecule has 220 valence electrons. The molecule has 13 heteroatoms. The molecular weight excluding hydrogens is 557 g/mol. The summed E-state index contributed by atoms with van der Waals surface area (Å²) in [5.74, 6) is 0.761. The van der Waals surface area contributed by atoms with Gasteiger partial charge in [-0.1, -0.05) is 23.4 Å². The average molecular weight is 585 g/mol. The number of esters is 1. The highest BCUT2D eigenvalue weighted by Gasteiger charge is 2.36. The molecule has 0 unspecified atom stereocenters.